The van der Waals surface area contributed by atoms with Gasteiger partial charge in [-0.3, -0.25) is 9.69 Å². The molecule has 1 saturated heterocycles. The van der Waals surface area contributed by atoms with Crippen molar-refractivity contribution < 1.29 is 14.7 Å². The number of thioether (sulfide) groups is 1. The molecule has 0 saturated carbocycles. The van der Waals surface area contributed by atoms with Crippen molar-refractivity contribution in [1.82, 2.24) is 4.90 Å². The van der Waals surface area contributed by atoms with Crippen LogP contribution in [0.1, 0.15) is 17.2 Å². The first-order valence-corrected chi connectivity index (χ1v) is 8.88. The summed E-state index contributed by atoms with van der Waals surface area (Å²) in [6.45, 7) is 0. The Balaban J connectivity index is 1.98. The Bertz CT molecular complexity index is 883. The monoisotopic (exact) mass is 389 g/mol. The minimum absolute atomic E-state index is 0.208. The smallest absolute Gasteiger partial charge is 0.331 e. The average molecular weight is 390 g/mol. The van der Waals surface area contributed by atoms with E-state index in [0.717, 1.165) is 16.7 Å². The lowest BCUT2D eigenvalue weighted by atomic mass is 10.1. The van der Waals surface area contributed by atoms with E-state index in [-0.39, 0.29) is 4.32 Å². The number of carbonyl (C=O) groups excluding carboxylic acids is 1. The zero-order chi connectivity index (χ0) is 18.0. The van der Waals surface area contributed by atoms with Crippen LogP contribution in [0.4, 0.5) is 0 Å². The summed E-state index contributed by atoms with van der Waals surface area (Å²) in [4.78, 5) is 26.1. The topological polar surface area (TPSA) is 57.6 Å². The number of aliphatic carboxylic acids is 1. The molecule has 1 atom stereocenters. The zero-order valence-corrected chi connectivity index (χ0v) is 15.1. The van der Waals surface area contributed by atoms with Crippen molar-refractivity contribution in [3.05, 3.63) is 75.7 Å². The van der Waals surface area contributed by atoms with E-state index in [9.17, 15) is 14.7 Å². The Morgan fingerprint density at radius 3 is 2.44 bits per heavy atom. The number of carbonyl (C=O) groups is 2. The van der Waals surface area contributed by atoms with Gasteiger partial charge < -0.3 is 5.11 Å². The third-order valence-corrected chi connectivity index (χ3v) is 5.30. The van der Waals surface area contributed by atoms with Crippen LogP contribution < -0.4 is 0 Å². The van der Waals surface area contributed by atoms with Gasteiger partial charge in [0.1, 0.15) is 4.32 Å². The second-order valence-corrected chi connectivity index (χ2v) is 7.31. The summed E-state index contributed by atoms with van der Waals surface area (Å²) in [6, 6.07) is 14.5. The largest absolute Gasteiger partial charge is 0.479 e. The molecule has 1 aliphatic rings. The Morgan fingerprint density at radius 1 is 1.16 bits per heavy atom. The molecule has 3 rings (SSSR count). The number of carboxylic acids is 1. The fourth-order valence-electron chi connectivity index (χ4n) is 2.47. The molecule has 126 valence electrons. The van der Waals surface area contributed by atoms with Crippen LogP contribution in [0.15, 0.2) is 59.5 Å². The van der Waals surface area contributed by atoms with E-state index >= 15 is 0 Å². The standard InChI is InChI=1S/C18H12ClNO3S2/c19-13-9-5-4-8-12(13)10-14-16(21)20(18(24)25-14)15(17(22)23)11-6-2-1-3-7-11/h1-10,15H,(H,22,23)/b14-10-/t15-/m1/s1. The molecule has 4 nitrogen and oxygen atoms in total. The van der Waals surface area contributed by atoms with Crippen LogP contribution >= 0.6 is 35.6 Å². The molecule has 1 fully saturated rings. The minimum atomic E-state index is -1.16. The molecule has 0 aliphatic carbocycles. The van der Waals surface area contributed by atoms with Crippen molar-refractivity contribution in [2.75, 3.05) is 0 Å². The lowest BCUT2D eigenvalue weighted by molar-refractivity contribution is -0.145. The van der Waals surface area contributed by atoms with Gasteiger partial charge in [-0.15, -0.1) is 0 Å². The van der Waals surface area contributed by atoms with E-state index in [1.807, 2.05) is 6.07 Å². The second kappa shape index (κ2) is 7.39. The van der Waals surface area contributed by atoms with Gasteiger partial charge in [-0.1, -0.05) is 84.1 Å². The molecule has 1 N–H and O–H groups in total. The molecule has 25 heavy (non-hydrogen) atoms. The molecule has 1 amide bonds. The summed E-state index contributed by atoms with van der Waals surface area (Å²) >= 11 is 12.5. The highest BCUT2D eigenvalue weighted by Gasteiger charge is 2.41. The van der Waals surface area contributed by atoms with Gasteiger partial charge in [0, 0.05) is 5.02 Å². The number of thiocarbonyl (C=S) groups is 1. The van der Waals surface area contributed by atoms with Gasteiger partial charge in [-0.05, 0) is 23.3 Å². The number of carboxylic acid groups (broad SMARTS) is 1. The van der Waals surface area contributed by atoms with E-state index in [1.54, 1.807) is 54.6 Å². The predicted octanol–water partition coefficient (Wildman–Crippen LogP) is 4.37. The van der Waals surface area contributed by atoms with Gasteiger partial charge >= 0.3 is 5.97 Å². The summed E-state index contributed by atoms with van der Waals surface area (Å²) in [5, 5.41) is 10.1. The number of amides is 1. The molecule has 7 heteroatoms. The van der Waals surface area contributed by atoms with E-state index in [2.05, 4.69) is 0 Å². The van der Waals surface area contributed by atoms with Crippen molar-refractivity contribution >= 4 is 57.9 Å². The van der Waals surface area contributed by atoms with E-state index in [1.165, 1.54) is 0 Å². The number of benzene rings is 2. The summed E-state index contributed by atoms with van der Waals surface area (Å²) in [5.41, 5.74) is 1.17. The minimum Gasteiger partial charge on any atom is -0.479 e. The molecule has 0 unspecified atom stereocenters. The lowest BCUT2D eigenvalue weighted by Gasteiger charge is -2.23. The number of hydrogen-bond donors (Lipinski definition) is 1. The zero-order valence-electron chi connectivity index (χ0n) is 12.8. The molecule has 0 radical (unpaired) electrons. The van der Waals surface area contributed by atoms with Gasteiger partial charge in [0.25, 0.3) is 5.91 Å². The summed E-state index contributed by atoms with van der Waals surface area (Å²) in [6.07, 6.45) is 1.63. The fourth-order valence-corrected chi connectivity index (χ4v) is 3.97. The van der Waals surface area contributed by atoms with Crippen LogP contribution in [0, 0.1) is 0 Å². The lowest BCUT2D eigenvalue weighted by Crippen LogP contribution is -2.37. The van der Waals surface area contributed by atoms with Crippen LogP contribution in [0.3, 0.4) is 0 Å². The normalized spacial score (nSPS) is 17.2. The Labute approximate surface area is 159 Å². The first kappa shape index (κ1) is 17.7. The second-order valence-electron chi connectivity index (χ2n) is 5.22. The quantitative estimate of drug-likeness (QED) is 0.621. The Morgan fingerprint density at radius 2 is 1.80 bits per heavy atom. The van der Waals surface area contributed by atoms with Crippen LogP contribution in [-0.4, -0.2) is 26.2 Å². The van der Waals surface area contributed by atoms with Gasteiger partial charge in [0.05, 0.1) is 4.91 Å². The molecule has 0 spiro atoms. The maximum atomic E-state index is 12.8. The third-order valence-electron chi connectivity index (χ3n) is 3.62. The summed E-state index contributed by atoms with van der Waals surface area (Å²) in [5.74, 6) is -1.58. The predicted molar refractivity (Wildman–Crippen MR) is 103 cm³/mol. The van der Waals surface area contributed by atoms with Gasteiger partial charge in [0.15, 0.2) is 6.04 Å². The van der Waals surface area contributed by atoms with Gasteiger partial charge in [-0.25, -0.2) is 4.79 Å². The number of nitrogens with zero attached hydrogens (tertiary/aromatic N) is 1. The highest BCUT2D eigenvalue weighted by Crippen LogP contribution is 2.38. The SMILES string of the molecule is O=C(O)[C@@H](c1ccccc1)N1C(=O)/C(=C/c2ccccc2Cl)SC1=S. The van der Waals surface area contributed by atoms with Crippen molar-refractivity contribution in [3.63, 3.8) is 0 Å². The van der Waals surface area contributed by atoms with E-state index in [0.29, 0.717) is 21.1 Å². The maximum Gasteiger partial charge on any atom is 0.331 e. The van der Waals surface area contributed by atoms with Crippen molar-refractivity contribution in [2.45, 2.75) is 6.04 Å². The molecule has 0 bridgehead atoms. The molecule has 2 aromatic rings. The fraction of sp³-hybridized carbons (Fsp3) is 0.0556. The molecular weight excluding hydrogens is 378 g/mol. The summed E-state index contributed by atoms with van der Waals surface area (Å²) < 4.78 is 0.208. The Hall–Kier alpha value is -2.15. The van der Waals surface area contributed by atoms with Crippen molar-refractivity contribution in [1.29, 1.82) is 0 Å². The highest BCUT2D eigenvalue weighted by atomic mass is 35.5. The Kier molecular flexibility index (Phi) is 5.22. The first-order valence-electron chi connectivity index (χ1n) is 7.28. The van der Waals surface area contributed by atoms with Gasteiger partial charge in [0.2, 0.25) is 0 Å². The number of rotatable bonds is 4. The molecule has 1 aliphatic heterocycles. The van der Waals surface area contributed by atoms with Gasteiger partial charge in [-0.2, -0.15) is 0 Å². The highest BCUT2D eigenvalue weighted by molar-refractivity contribution is 8.26. The molecule has 0 aromatic heterocycles. The van der Waals surface area contributed by atoms with Crippen LogP contribution in [0.2, 0.25) is 5.02 Å². The van der Waals surface area contributed by atoms with E-state index < -0.39 is 17.9 Å². The average Bonchev–Trinajstić information content (AvgIpc) is 2.86. The van der Waals surface area contributed by atoms with Crippen LogP contribution in [-0.2, 0) is 9.59 Å². The van der Waals surface area contributed by atoms with Crippen molar-refractivity contribution in [2.24, 2.45) is 0 Å². The number of hydrogen-bond acceptors (Lipinski definition) is 4. The van der Waals surface area contributed by atoms with E-state index in [4.69, 9.17) is 23.8 Å². The molecule has 1 heterocycles. The van der Waals surface area contributed by atoms with Crippen LogP contribution in [0.5, 0.6) is 0 Å². The molecular formula is C18H12ClNO3S2. The maximum absolute atomic E-state index is 12.8. The first-order chi connectivity index (χ1) is 12.0. The third kappa shape index (κ3) is 3.61. The number of halogens is 1. The summed E-state index contributed by atoms with van der Waals surface area (Å²) in [7, 11) is 0. The van der Waals surface area contributed by atoms with Crippen molar-refractivity contribution in [3.8, 4) is 0 Å². The van der Waals surface area contributed by atoms with Crippen LogP contribution in [0.25, 0.3) is 6.08 Å². The molecule has 2 aromatic carbocycles.